The molecule has 5 nitrogen and oxygen atoms in total. The van der Waals surface area contributed by atoms with Crippen molar-refractivity contribution >= 4 is 28.6 Å². The minimum absolute atomic E-state index is 0.0636. The van der Waals surface area contributed by atoms with Gasteiger partial charge in [-0.3, -0.25) is 14.4 Å². The third-order valence-corrected chi connectivity index (χ3v) is 6.26. The van der Waals surface area contributed by atoms with Crippen LogP contribution < -0.4 is 10.1 Å². The number of rotatable bonds is 15. The van der Waals surface area contributed by atoms with E-state index in [0.717, 1.165) is 17.7 Å². The number of allylic oxidation sites excluding steroid dienone is 3. The number of ketones is 2. The molecule has 3 aromatic rings. The number of hydrogen-bond donors (Lipinski definition) is 1. The van der Waals surface area contributed by atoms with Gasteiger partial charge in [0, 0.05) is 12.8 Å². The van der Waals surface area contributed by atoms with Gasteiger partial charge in [-0.05, 0) is 78.3 Å². The van der Waals surface area contributed by atoms with Gasteiger partial charge in [-0.25, -0.2) is 0 Å². The van der Waals surface area contributed by atoms with Gasteiger partial charge in [0.1, 0.15) is 12.4 Å². The molecule has 0 heterocycles. The number of carbonyl (C=O) groups excluding carboxylic acids is 3. The van der Waals surface area contributed by atoms with E-state index in [1.54, 1.807) is 0 Å². The summed E-state index contributed by atoms with van der Waals surface area (Å²) in [6, 6.07) is 29.0. The van der Waals surface area contributed by atoms with Crippen molar-refractivity contribution in [1.82, 2.24) is 5.32 Å². The molecule has 1 N–H and O–H groups in total. The van der Waals surface area contributed by atoms with E-state index < -0.39 is 0 Å². The van der Waals surface area contributed by atoms with E-state index in [0.29, 0.717) is 38.8 Å². The lowest BCUT2D eigenvalue weighted by atomic mass is 9.88. The highest BCUT2D eigenvalue weighted by molar-refractivity contribution is 5.99. The monoisotopic (exact) mass is 523 g/mol. The zero-order valence-corrected chi connectivity index (χ0v) is 22.8. The second-order valence-corrected chi connectivity index (χ2v) is 9.28. The first-order valence-electron chi connectivity index (χ1n) is 13.5. The van der Waals surface area contributed by atoms with Crippen LogP contribution in [-0.2, 0) is 14.4 Å². The van der Waals surface area contributed by atoms with Crippen molar-refractivity contribution in [2.75, 3.05) is 13.2 Å². The molecule has 0 fully saturated rings. The summed E-state index contributed by atoms with van der Waals surface area (Å²) in [6.07, 6.45) is 5.40. The zero-order valence-electron chi connectivity index (χ0n) is 22.8. The lowest BCUT2D eigenvalue weighted by Crippen LogP contribution is -2.27. The highest BCUT2D eigenvalue weighted by Gasteiger charge is 2.13. The Kier molecular flexibility index (Phi) is 11.9. The second kappa shape index (κ2) is 15.9. The largest absolute Gasteiger partial charge is 0.492 e. The normalized spacial score (nSPS) is 11.6. The fraction of sp³-hybridized carbons (Fsp3) is 0.265. The molecule has 0 saturated heterocycles. The maximum absolute atomic E-state index is 12.1. The molecule has 0 spiro atoms. The van der Waals surface area contributed by atoms with E-state index in [1.165, 1.54) is 41.3 Å². The summed E-state index contributed by atoms with van der Waals surface area (Å²) < 4.78 is 5.86. The van der Waals surface area contributed by atoms with E-state index in [2.05, 4.69) is 72.9 Å². The first-order valence-corrected chi connectivity index (χ1v) is 13.5. The number of amides is 1. The smallest absolute Gasteiger partial charge is 0.220 e. The van der Waals surface area contributed by atoms with Crippen molar-refractivity contribution in [1.29, 1.82) is 0 Å². The van der Waals surface area contributed by atoms with Gasteiger partial charge in [-0.1, -0.05) is 79.7 Å². The molecule has 3 rings (SSSR count). The minimum Gasteiger partial charge on any atom is -0.492 e. The summed E-state index contributed by atoms with van der Waals surface area (Å²) in [5.74, 6) is 0.437. The van der Waals surface area contributed by atoms with Crippen molar-refractivity contribution in [3.05, 3.63) is 114 Å². The van der Waals surface area contributed by atoms with E-state index in [-0.39, 0.29) is 17.5 Å². The quantitative estimate of drug-likeness (QED) is 0.135. The number of nitrogens with one attached hydrogen (secondary N) is 1. The van der Waals surface area contributed by atoms with Crippen molar-refractivity contribution in [2.24, 2.45) is 0 Å². The maximum Gasteiger partial charge on any atom is 0.220 e. The lowest BCUT2D eigenvalue weighted by Gasteiger charge is -2.17. The predicted molar refractivity (Wildman–Crippen MR) is 157 cm³/mol. The summed E-state index contributed by atoms with van der Waals surface area (Å²) in [5.41, 5.74) is 6.00. The molecule has 0 bridgehead atoms. The Morgan fingerprint density at radius 2 is 1.33 bits per heavy atom. The number of unbranched alkanes of at least 4 members (excludes halogenated alkanes) is 1. The Bertz CT molecular complexity index is 1280. The molecule has 0 aliphatic heterocycles. The second-order valence-electron chi connectivity index (χ2n) is 9.28. The van der Waals surface area contributed by atoms with E-state index in [4.69, 9.17) is 4.74 Å². The molecule has 0 aromatic heterocycles. The third-order valence-electron chi connectivity index (χ3n) is 6.26. The summed E-state index contributed by atoms with van der Waals surface area (Å²) in [7, 11) is 0. The van der Waals surface area contributed by atoms with Crippen LogP contribution in [0.3, 0.4) is 0 Å². The summed E-state index contributed by atoms with van der Waals surface area (Å²) in [6.45, 7) is 4.36. The zero-order chi connectivity index (χ0) is 27.9. The maximum atomic E-state index is 12.1. The average molecular weight is 524 g/mol. The van der Waals surface area contributed by atoms with Gasteiger partial charge in [0.25, 0.3) is 0 Å². The number of hydrogen-bond acceptors (Lipinski definition) is 4. The van der Waals surface area contributed by atoms with Crippen LogP contribution in [0.15, 0.2) is 97.1 Å². The molecule has 0 aliphatic carbocycles. The number of carbonyl (C=O) groups is 3. The topological polar surface area (TPSA) is 72.5 Å². The predicted octanol–water partition coefficient (Wildman–Crippen LogP) is 6.83. The average Bonchev–Trinajstić information content (AvgIpc) is 2.96. The summed E-state index contributed by atoms with van der Waals surface area (Å²) in [4.78, 5) is 34.5. The van der Waals surface area contributed by atoms with Crippen molar-refractivity contribution < 1.29 is 19.1 Å². The molecular formula is C34H37NO4. The SMILES string of the molecule is CC/C(=C(/c1ccccc1)c1ccc(OCCNC(=O)CCCCC(=O)/C=C\C(C)=O)cc1)c1ccccc1. The van der Waals surface area contributed by atoms with Crippen molar-refractivity contribution in [2.45, 2.75) is 46.0 Å². The molecule has 5 heteroatoms. The molecule has 0 saturated carbocycles. The van der Waals surface area contributed by atoms with Gasteiger partial charge in [-0.2, -0.15) is 0 Å². The Balaban J connectivity index is 1.52. The Morgan fingerprint density at radius 3 is 1.95 bits per heavy atom. The Labute approximate surface area is 231 Å². The summed E-state index contributed by atoms with van der Waals surface area (Å²) >= 11 is 0. The molecule has 0 unspecified atom stereocenters. The fourth-order valence-electron chi connectivity index (χ4n) is 4.33. The van der Waals surface area contributed by atoms with Crippen LogP contribution in [0.2, 0.25) is 0 Å². The molecule has 0 radical (unpaired) electrons. The minimum atomic E-state index is -0.150. The highest BCUT2D eigenvalue weighted by atomic mass is 16.5. The third kappa shape index (κ3) is 9.86. The first kappa shape index (κ1) is 29.3. The van der Waals surface area contributed by atoms with Crippen LogP contribution in [-0.4, -0.2) is 30.6 Å². The molecule has 39 heavy (non-hydrogen) atoms. The van der Waals surface area contributed by atoms with Crippen LogP contribution in [0.5, 0.6) is 5.75 Å². The molecular weight excluding hydrogens is 486 g/mol. The van der Waals surface area contributed by atoms with Crippen molar-refractivity contribution in [3.63, 3.8) is 0 Å². The standard InChI is InChI=1S/C34H37NO4/c1-3-32(27-12-6-4-7-13-27)34(28-14-8-5-9-15-28)29-19-22-31(23-20-29)39-25-24-35-33(38)17-11-10-16-30(37)21-18-26(2)36/h4-9,12-15,18-23H,3,10-11,16-17,24-25H2,1-2H3,(H,35,38)/b21-18-,34-32+. The summed E-state index contributed by atoms with van der Waals surface area (Å²) in [5, 5.41) is 2.86. The lowest BCUT2D eigenvalue weighted by molar-refractivity contribution is -0.121. The molecule has 0 atom stereocenters. The molecule has 202 valence electrons. The fourth-order valence-corrected chi connectivity index (χ4v) is 4.33. The van der Waals surface area contributed by atoms with Crippen LogP contribution in [0.4, 0.5) is 0 Å². The van der Waals surface area contributed by atoms with E-state index >= 15 is 0 Å². The number of ether oxygens (including phenoxy) is 1. The van der Waals surface area contributed by atoms with Crippen molar-refractivity contribution in [3.8, 4) is 5.75 Å². The van der Waals surface area contributed by atoms with E-state index in [1.807, 2.05) is 24.3 Å². The van der Waals surface area contributed by atoms with Gasteiger partial charge >= 0.3 is 0 Å². The highest BCUT2D eigenvalue weighted by Crippen LogP contribution is 2.34. The van der Waals surface area contributed by atoms with Gasteiger partial charge in [0.05, 0.1) is 6.54 Å². The Morgan fingerprint density at radius 1 is 0.744 bits per heavy atom. The van der Waals surface area contributed by atoms with E-state index in [9.17, 15) is 14.4 Å². The molecule has 3 aromatic carbocycles. The van der Waals surface area contributed by atoms with Gasteiger partial charge in [0.2, 0.25) is 5.91 Å². The van der Waals surface area contributed by atoms with Crippen LogP contribution >= 0.6 is 0 Å². The van der Waals surface area contributed by atoms with Crippen LogP contribution in [0.25, 0.3) is 11.1 Å². The van der Waals surface area contributed by atoms with Gasteiger partial charge < -0.3 is 10.1 Å². The first-order chi connectivity index (χ1) is 19.0. The molecule has 0 aliphatic rings. The van der Waals surface area contributed by atoms with Crippen LogP contribution in [0.1, 0.15) is 62.6 Å². The molecule has 1 amide bonds. The number of benzene rings is 3. The van der Waals surface area contributed by atoms with Gasteiger partial charge in [0.15, 0.2) is 11.6 Å². The van der Waals surface area contributed by atoms with Crippen LogP contribution in [0, 0.1) is 0 Å². The Hall–Kier alpha value is -4.25. The van der Waals surface area contributed by atoms with Gasteiger partial charge in [-0.15, -0.1) is 0 Å².